The summed E-state index contributed by atoms with van der Waals surface area (Å²) in [5, 5.41) is 14.5. The van der Waals surface area contributed by atoms with Crippen LogP contribution in [-0.2, 0) is 6.42 Å². The van der Waals surface area contributed by atoms with Crippen LogP contribution in [0, 0.1) is 15.9 Å². The minimum atomic E-state index is -0.542. The summed E-state index contributed by atoms with van der Waals surface area (Å²) in [5.74, 6) is -0.378. The van der Waals surface area contributed by atoms with E-state index >= 15 is 0 Å². The van der Waals surface area contributed by atoms with Gasteiger partial charge >= 0.3 is 5.69 Å². The van der Waals surface area contributed by atoms with Crippen LogP contribution in [0.4, 0.5) is 33.1 Å². The van der Waals surface area contributed by atoms with Crippen molar-refractivity contribution < 1.29 is 9.31 Å². The highest BCUT2D eigenvalue weighted by Crippen LogP contribution is 2.40. The first-order chi connectivity index (χ1) is 12.6. The van der Waals surface area contributed by atoms with E-state index in [0.717, 1.165) is 17.7 Å². The number of para-hydroxylation sites is 2. The van der Waals surface area contributed by atoms with Gasteiger partial charge in [0, 0.05) is 12.2 Å². The zero-order valence-electron chi connectivity index (χ0n) is 13.6. The zero-order chi connectivity index (χ0) is 18.1. The summed E-state index contributed by atoms with van der Waals surface area (Å²) in [5.41, 5.74) is 1.81. The van der Waals surface area contributed by atoms with Crippen LogP contribution in [0.15, 0.2) is 54.9 Å². The number of nitrogens with one attached hydrogen (secondary N) is 1. The molecule has 26 heavy (non-hydrogen) atoms. The van der Waals surface area contributed by atoms with Gasteiger partial charge in [-0.15, -0.1) is 0 Å². The Hall–Kier alpha value is -3.55. The van der Waals surface area contributed by atoms with Gasteiger partial charge in [0.1, 0.15) is 12.1 Å². The maximum atomic E-state index is 13.9. The van der Waals surface area contributed by atoms with E-state index in [9.17, 15) is 14.5 Å². The van der Waals surface area contributed by atoms with E-state index in [4.69, 9.17) is 0 Å². The summed E-state index contributed by atoms with van der Waals surface area (Å²) in [7, 11) is 0. The van der Waals surface area contributed by atoms with Crippen LogP contribution in [-0.4, -0.2) is 21.4 Å². The van der Waals surface area contributed by atoms with Gasteiger partial charge in [0.05, 0.1) is 10.6 Å². The number of aromatic nitrogens is 2. The van der Waals surface area contributed by atoms with E-state index in [2.05, 4.69) is 15.3 Å². The van der Waals surface area contributed by atoms with Crippen LogP contribution in [0.3, 0.4) is 0 Å². The van der Waals surface area contributed by atoms with Crippen molar-refractivity contribution in [3.8, 4) is 0 Å². The minimum Gasteiger partial charge on any atom is -0.332 e. The third-order valence-electron chi connectivity index (χ3n) is 4.26. The topological polar surface area (TPSA) is 84.2 Å². The van der Waals surface area contributed by atoms with Crippen LogP contribution >= 0.6 is 0 Å². The van der Waals surface area contributed by atoms with Crippen molar-refractivity contribution in [2.75, 3.05) is 16.8 Å². The van der Waals surface area contributed by atoms with Crippen molar-refractivity contribution in [3.05, 3.63) is 76.4 Å². The highest BCUT2D eigenvalue weighted by molar-refractivity contribution is 5.80. The lowest BCUT2D eigenvalue weighted by molar-refractivity contribution is -0.383. The summed E-state index contributed by atoms with van der Waals surface area (Å²) < 4.78 is 13.9. The number of hydrogen-bond acceptors (Lipinski definition) is 6. The molecule has 0 atom stereocenters. The number of anilines is 4. The van der Waals surface area contributed by atoms with Crippen molar-refractivity contribution >= 4 is 28.7 Å². The molecule has 7 nitrogen and oxygen atoms in total. The molecule has 0 radical (unpaired) electrons. The zero-order valence-corrected chi connectivity index (χ0v) is 13.6. The van der Waals surface area contributed by atoms with Crippen molar-refractivity contribution in [1.82, 2.24) is 9.97 Å². The molecule has 0 spiro atoms. The smallest absolute Gasteiger partial charge is 0.332 e. The summed E-state index contributed by atoms with van der Waals surface area (Å²) in [6.45, 7) is 0.580. The van der Waals surface area contributed by atoms with Crippen molar-refractivity contribution in [2.24, 2.45) is 0 Å². The van der Waals surface area contributed by atoms with E-state index in [1.165, 1.54) is 18.5 Å². The molecule has 0 unspecified atom stereocenters. The normalized spacial score (nSPS) is 12.7. The fourth-order valence-corrected chi connectivity index (χ4v) is 3.07. The Morgan fingerprint density at radius 1 is 1.12 bits per heavy atom. The number of fused-ring (bicyclic) bond motifs is 1. The van der Waals surface area contributed by atoms with Gasteiger partial charge in [0.25, 0.3) is 0 Å². The Balaban J connectivity index is 1.80. The van der Waals surface area contributed by atoms with Gasteiger partial charge in [-0.05, 0) is 30.2 Å². The van der Waals surface area contributed by atoms with Gasteiger partial charge in [0.15, 0.2) is 0 Å². The van der Waals surface area contributed by atoms with Gasteiger partial charge in [0.2, 0.25) is 11.6 Å². The third-order valence-corrected chi connectivity index (χ3v) is 4.26. The lowest BCUT2D eigenvalue weighted by atomic mass is 10.2. The number of nitrogens with zero attached hydrogens (tertiary/aromatic N) is 4. The largest absolute Gasteiger partial charge is 0.354 e. The summed E-state index contributed by atoms with van der Waals surface area (Å²) in [6.07, 6.45) is 2.01. The molecule has 0 amide bonds. The molecule has 0 saturated heterocycles. The van der Waals surface area contributed by atoms with E-state index in [0.29, 0.717) is 6.54 Å². The molecule has 0 saturated carbocycles. The van der Waals surface area contributed by atoms with Crippen molar-refractivity contribution in [3.63, 3.8) is 0 Å². The summed E-state index contributed by atoms with van der Waals surface area (Å²) in [6, 6.07) is 13.6. The van der Waals surface area contributed by atoms with Gasteiger partial charge in [-0.25, -0.2) is 14.4 Å². The monoisotopic (exact) mass is 351 g/mol. The minimum absolute atomic E-state index is 0.0468. The first kappa shape index (κ1) is 15.9. The Labute approximate surface area is 148 Å². The Kier molecular flexibility index (Phi) is 3.92. The highest BCUT2D eigenvalue weighted by atomic mass is 19.1. The molecule has 8 heteroatoms. The first-order valence-electron chi connectivity index (χ1n) is 8.01. The van der Waals surface area contributed by atoms with Crippen molar-refractivity contribution in [1.29, 1.82) is 0 Å². The van der Waals surface area contributed by atoms with Crippen LogP contribution in [0.1, 0.15) is 5.56 Å². The maximum absolute atomic E-state index is 13.9. The van der Waals surface area contributed by atoms with Crippen LogP contribution < -0.4 is 10.2 Å². The maximum Gasteiger partial charge on any atom is 0.354 e. The second kappa shape index (κ2) is 6.40. The lowest BCUT2D eigenvalue weighted by Crippen LogP contribution is -2.17. The number of rotatable bonds is 4. The fraction of sp³-hybridized carbons (Fsp3) is 0.111. The first-order valence-corrected chi connectivity index (χ1v) is 8.01. The second-order valence-corrected chi connectivity index (χ2v) is 5.79. The van der Waals surface area contributed by atoms with E-state index in [1.54, 1.807) is 17.0 Å². The molecule has 1 aromatic heterocycles. The molecular weight excluding hydrogens is 337 g/mol. The van der Waals surface area contributed by atoms with Gasteiger partial charge < -0.3 is 10.2 Å². The van der Waals surface area contributed by atoms with Crippen LogP contribution in [0.2, 0.25) is 0 Å². The molecule has 1 N–H and O–H groups in total. The predicted octanol–water partition coefficient (Wildman–Crippen LogP) is 3.96. The SMILES string of the molecule is O=[N+]([O-])c1c(Nc2ccccc2F)ncnc1N1CCc2ccccc21. The molecule has 1 aliphatic rings. The molecule has 3 aromatic rings. The Morgan fingerprint density at radius 3 is 2.69 bits per heavy atom. The van der Waals surface area contributed by atoms with Gasteiger partial charge in [-0.2, -0.15) is 0 Å². The fourth-order valence-electron chi connectivity index (χ4n) is 3.07. The lowest BCUT2D eigenvalue weighted by Gasteiger charge is -2.19. The molecule has 4 rings (SSSR count). The average Bonchev–Trinajstić information content (AvgIpc) is 3.07. The second-order valence-electron chi connectivity index (χ2n) is 5.79. The van der Waals surface area contributed by atoms with Gasteiger partial charge in [-0.1, -0.05) is 30.3 Å². The molecule has 2 heterocycles. The Bertz CT molecular complexity index is 995. The van der Waals surface area contributed by atoms with Gasteiger partial charge in [-0.3, -0.25) is 10.1 Å². The number of benzene rings is 2. The standard InChI is InChI=1S/C18H14FN5O2/c19-13-6-2-3-7-14(13)22-17-16(24(25)26)18(21-11-20-17)23-10-9-12-5-1-4-8-15(12)23/h1-8,11H,9-10H2,(H,20,21,22). The molecule has 0 fully saturated rings. The molecule has 1 aliphatic heterocycles. The molecule has 0 bridgehead atoms. The molecule has 130 valence electrons. The predicted molar refractivity (Wildman–Crippen MR) is 95.5 cm³/mol. The van der Waals surface area contributed by atoms with E-state index in [-0.39, 0.29) is 23.0 Å². The highest BCUT2D eigenvalue weighted by Gasteiger charge is 2.31. The Morgan fingerprint density at radius 2 is 1.88 bits per heavy atom. The van der Waals surface area contributed by atoms with Crippen molar-refractivity contribution in [2.45, 2.75) is 6.42 Å². The summed E-state index contributed by atoms with van der Waals surface area (Å²) >= 11 is 0. The average molecular weight is 351 g/mol. The summed E-state index contributed by atoms with van der Waals surface area (Å²) in [4.78, 5) is 21.1. The number of hydrogen-bond donors (Lipinski definition) is 1. The molecule has 0 aliphatic carbocycles. The van der Waals surface area contributed by atoms with E-state index in [1.807, 2.05) is 24.3 Å². The quantitative estimate of drug-likeness (QED) is 0.566. The molecular formula is C18H14FN5O2. The third kappa shape index (κ3) is 2.71. The number of halogens is 1. The van der Waals surface area contributed by atoms with Crippen LogP contribution in [0.5, 0.6) is 0 Å². The number of nitro groups is 1. The van der Waals surface area contributed by atoms with E-state index < -0.39 is 10.7 Å². The molecule has 2 aromatic carbocycles. The van der Waals surface area contributed by atoms with Crippen LogP contribution in [0.25, 0.3) is 0 Å².